The van der Waals surface area contributed by atoms with Crippen LogP contribution in [-0.2, 0) is 0 Å². The van der Waals surface area contributed by atoms with Crippen LogP contribution >= 0.6 is 0 Å². The van der Waals surface area contributed by atoms with E-state index < -0.39 is 11.8 Å². The fraction of sp³-hybridized carbons (Fsp3) is 0.167. The number of aliphatic imine (C=N–C) groups is 1. The molecule has 0 aliphatic rings. The fourth-order valence-corrected chi connectivity index (χ4v) is 0.678. The van der Waals surface area contributed by atoms with Crippen molar-refractivity contribution in [3.05, 3.63) is 17.5 Å². The third kappa shape index (κ3) is 1.42. The lowest BCUT2D eigenvalue weighted by molar-refractivity contribution is -0.213. The summed E-state index contributed by atoms with van der Waals surface area (Å²) in [5.74, 6) is -1.14. The van der Waals surface area contributed by atoms with Gasteiger partial charge in [-0.25, -0.2) is 0 Å². The van der Waals surface area contributed by atoms with Gasteiger partial charge in [-0.2, -0.15) is 5.10 Å². The number of H-pyrrole nitrogens is 1. The number of hydrogen-bond acceptors (Lipinski definition) is 4. The lowest BCUT2D eigenvalue weighted by Gasteiger charge is -2.03. The smallest absolute Gasteiger partial charge is 0.269 e. The van der Waals surface area contributed by atoms with Gasteiger partial charge in [0.15, 0.2) is 0 Å². The SMILES string of the molecule is CN=C([O-])c1cc(C(N)=O)n[nH]1. The van der Waals surface area contributed by atoms with Gasteiger partial charge in [0.05, 0.1) is 5.69 Å². The Morgan fingerprint density at radius 1 is 1.83 bits per heavy atom. The van der Waals surface area contributed by atoms with E-state index in [1.807, 2.05) is 0 Å². The van der Waals surface area contributed by atoms with Crippen molar-refractivity contribution < 1.29 is 9.90 Å². The van der Waals surface area contributed by atoms with E-state index in [9.17, 15) is 9.90 Å². The molecule has 6 heteroatoms. The van der Waals surface area contributed by atoms with Crippen molar-refractivity contribution in [1.29, 1.82) is 0 Å². The molecule has 1 heterocycles. The van der Waals surface area contributed by atoms with Crippen molar-refractivity contribution in [3.8, 4) is 0 Å². The van der Waals surface area contributed by atoms with Gasteiger partial charge in [0.1, 0.15) is 5.69 Å². The van der Waals surface area contributed by atoms with Gasteiger partial charge in [-0.3, -0.25) is 9.89 Å². The molecule has 3 N–H and O–H groups in total. The summed E-state index contributed by atoms with van der Waals surface area (Å²) in [6, 6.07) is 1.26. The fourth-order valence-electron chi connectivity index (χ4n) is 0.678. The summed E-state index contributed by atoms with van der Waals surface area (Å²) in [6.45, 7) is 0. The van der Waals surface area contributed by atoms with Crippen molar-refractivity contribution >= 4 is 11.8 Å². The van der Waals surface area contributed by atoms with Gasteiger partial charge in [0.2, 0.25) is 0 Å². The Balaban J connectivity index is 2.99. The van der Waals surface area contributed by atoms with Crippen molar-refractivity contribution in [2.24, 2.45) is 10.7 Å². The number of nitrogens with two attached hydrogens (primary N) is 1. The molecule has 0 unspecified atom stereocenters. The van der Waals surface area contributed by atoms with E-state index in [2.05, 4.69) is 15.2 Å². The van der Waals surface area contributed by atoms with Crippen LogP contribution in [0, 0.1) is 0 Å². The van der Waals surface area contributed by atoms with Crippen molar-refractivity contribution in [3.63, 3.8) is 0 Å². The summed E-state index contributed by atoms with van der Waals surface area (Å²) in [5.41, 5.74) is 5.09. The summed E-state index contributed by atoms with van der Waals surface area (Å²) < 4.78 is 0. The summed E-state index contributed by atoms with van der Waals surface area (Å²) in [7, 11) is 1.35. The van der Waals surface area contributed by atoms with Gasteiger partial charge in [-0.15, -0.1) is 0 Å². The Hall–Kier alpha value is -1.85. The van der Waals surface area contributed by atoms with E-state index in [1.165, 1.54) is 13.1 Å². The minimum Gasteiger partial charge on any atom is -0.857 e. The molecule has 0 fully saturated rings. The second kappa shape index (κ2) is 3.04. The number of primary amides is 1. The molecule has 1 aromatic heterocycles. The highest BCUT2D eigenvalue weighted by Gasteiger charge is 2.04. The van der Waals surface area contributed by atoms with Crippen LogP contribution in [0.2, 0.25) is 0 Å². The third-order valence-electron chi connectivity index (χ3n) is 1.26. The lowest BCUT2D eigenvalue weighted by Crippen LogP contribution is -2.18. The summed E-state index contributed by atoms with van der Waals surface area (Å²) in [4.78, 5) is 13.9. The van der Waals surface area contributed by atoms with E-state index in [0.29, 0.717) is 0 Å². The maximum absolute atomic E-state index is 10.9. The third-order valence-corrected chi connectivity index (χ3v) is 1.26. The molecule has 0 saturated heterocycles. The molecule has 0 spiro atoms. The second-order valence-electron chi connectivity index (χ2n) is 2.06. The first-order valence-corrected chi connectivity index (χ1v) is 3.14. The molecule has 6 nitrogen and oxygen atoms in total. The Labute approximate surface area is 68.1 Å². The summed E-state index contributed by atoms with van der Waals surface area (Å²) in [6.07, 6.45) is 0. The first-order chi connectivity index (χ1) is 5.65. The predicted molar refractivity (Wildman–Crippen MR) is 39.6 cm³/mol. The number of nitrogens with one attached hydrogen (secondary N) is 1. The maximum atomic E-state index is 10.9. The highest BCUT2D eigenvalue weighted by molar-refractivity contribution is 5.95. The quantitative estimate of drug-likeness (QED) is 0.402. The van der Waals surface area contributed by atoms with Crippen molar-refractivity contribution in [2.45, 2.75) is 0 Å². The number of amides is 1. The van der Waals surface area contributed by atoms with Crippen LogP contribution < -0.4 is 10.8 Å². The minimum atomic E-state index is -0.679. The number of carbonyl (C=O) groups excluding carboxylic acids is 1. The molecule has 0 aromatic carbocycles. The number of nitrogens with zero attached hydrogens (tertiary/aromatic N) is 2. The van der Waals surface area contributed by atoms with Gasteiger partial charge in [-0.05, 0) is 6.07 Å². The molecule has 1 rings (SSSR count). The number of aromatic nitrogens is 2. The molecule has 0 atom stereocenters. The Kier molecular flexibility index (Phi) is 2.09. The zero-order chi connectivity index (χ0) is 9.14. The zero-order valence-electron chi connectivity index (χ0n) is 6.37. The molecule has 64 valence electrons. The van der Waals surface area contributed by atoms with Gasteiger partial charge >= 0.3 is 0 Å². The first kappa shape index (κ1) is 8.25. The Morgan fingerprint density at radius 2 is 2.50 bits per heavy atom. The molecule has 0 aliphatic carbocycles. The first-order valence-electron chi connectivity index (χ1n) is 3.14. The van der Waals surface area contributed by atoms with Crippen LogP contribution in [0.4, 0.5) is 0 Å². The number of carbonyl (C=O) groups is 1. The average molecular weight is 167 g/mol. The summed E-state index contributed by atoms with van der Waals surface area (Å²) >= 11 is 0. The largest absolute Gasteiger partial charge is 0.857 e. The van der Waals surface area contributed by atoms with Gasteiger partial charge in [0.25, 0.3) is 5.91 Å². The van der Waals surface area contributed by atoms with E-state index in [4.69, 9.17) is 5.73 Å². The van der Waals surface area contributed by atoms with Crippen LogP contribution in [0.5, 0.6) is 0 Å². The second-order valence-corrected chi connectivity index (χ2v) is 2.06. The highest BCUT2D eigenvalue weighted by Crippen LogP contribution is 1.97. The lowest BCUT2D eigenvalue weighted by atomic mass is 10.3. The summed E-state index contributed by atoms with van der Waals surface area (Å²) in [5, 5.41) is 16.7. The van der Waals surface area contributed by atoms with Gasteiger partial charge in [-0.1, -0.05) is 0 Å². The zero-order valence-corrected chi connectivity index (χ0v) is 6.37. The van der Waals surface area contributed by atoms with E-state index >= 15 is 0 Å². The minimum absolute atomic E-state index is 0.0296. The molecule has 1 aromatic rings. The molecule has 12 heavy (non-hydrogen) atoms. The van der Waals surface area contributed by atoms with Crippen LogP contribution in [0.1, 0.15) is 16.2 Å². The molecule has 0 bridgehead atoms. The predicted octanol–water partition coefficient (Wildman–Crippen LogP) is -1.75. The monoisotopic (exact) mass is 167 g/mol. The van der Waals surface area contributed by atoms with Gasteiger partial charge < -0.3 is 15.8 Å². The molecular formula is C6H7N4O2-. The van der Waals surface area contributed by atoms with E-state index in [1.54, 1.807) is 0 Å². The highest BCUT2D eigenvalue weighted by atomic mass is 16.3. The number of hydrogen-bond donors (Lipinski definition) is 2. The van der Waals surface area contributed by atoms with Crippen LogP contribution in [0.3, 0.4) is 0 Å². The number of rotatable bonds is 2. The molecule has 1 amide bonds. The molecule has 0 aliphatic heterocycles. The number of aromatic amines is 1. The van der Waals surface area contributed by atoms with Crippen LogP contribution in [0.15, 0.2) is 11.1 Å². The van der Waals surface area contributed by atoms with Gasteiger partial charge in [0, 0.05) is 12.9 Å². The molecule has 0 saturated carbocycles. The van der Waals surface area contributed by atoms with Crippen molar-refractivity contribution in [1.82, 2.24) is 10.2 Å². The van der Waals surface area contributed by atoms with E-state index in [-0.39, 0.29) is 11.4 Å². The standard InChI is InChI=1S/C6H8N4O2/c1-8-6(12)4-2-3(5(7)11)9-10-4/h2H,1H3,(H2,7,11)(H,8,12)(H,9,10)/p-1. The Morgan fingerprint density at radius 3 is 2.92 bits per heavy atom. The Bertz CT molecular complexity index is 328. The molecular weight excluding hydrogens is 160 g/mol. The van der Waals surface area contributed by atoms with Crippen LogP contribution in [-0.4, -0.2) is 29.0 Å². The van der Waals surface area contributed by atoms with Crippen molar-refractivity contribution in [2.75, 3.05) is 7.05 Å². The van der Waals surface area contributed by atoms with Crippen LogP contribution in [0.25, 0.3) is 0 Å². The normalized spacial score (nSPS) is 11.6. The average Bonchev–Trinajstić information content (AvgIpc) is 2.51. The van der Waals surface area contributed by atoms with E-state index in [0.717, 1.165) is 0 Å². The topological polar surface area (TPSA) is 107 Å². The maximum Gasteiger partial charge on any atom is 0.269 e. The molecule has 0 radical (unpaired) electrons.